The van der Waals surface area contributed by atoms with Crippen molar-refractivity contribution in [2.75, 3.05) is 5.73 Å². The summed E-state index contributed by atoms with van der Waals surface area (Å²) in [5.41, 5.74) is 7.72. The van der Waals surface area contributed by atoms with E-state index >= 15 is 0 Å². The second-order valence-electron chi connectivity index (χ2n) is 2.74. The van der Waals surface area contributed by atoms with Crippen LogP contribution in [0, 0.1) is 0 Å². The van der Waals surface area contributed by atoms with Crippen LogP contribution in [-0.2, 0) is 6.42 Å². The topological polar surface area (TPSA) is 52.0 Å². The van der Waals surface area contributed by atoms with Crippen molar-refractivity contribution in [2.24, 2.45) is 0 Å². The molecule has 0 aliphatic rings. The highest BCUT2D eigenvalue weighted by molar-refractivity contribution is 7.08. The summed E-state index contributed by atoms with van der Waals surface area (Å²) in [7, 11) is 0. The van der Waals surface area contributed by atoms with Gasteiger partial charge in [-0.25, -0.2) is 0 Å². The van der Waals surface area contributed by atoms with Gasteiger partial charge in [-0.05, 0) is 17.9 Å². The summed E-state index contributed by atoms with van der Waals surface area (Å²) in [6, 6.07) is 2.00. The Morgan fingerprint density at radius 2 is 2.46 bits per heavy atom. The molecule has 2 heterocycles. The number of hydrogen-bond acceptors (Lipinski definition) is 4. The third-order valence-corrected chi connectivity index (χ3v) is 2.64. The van der Waals surface area contributed by atoms with Gasteiger partial charge in [-0.1, -0.05) is 12.1 Å². The Morgan fingerprint density at radius 3 is 3.08 bits per heavy atom. The summed E-state index contributed by atoms with van der Waals surface area (Å²) >= 11 is 1.63. The Kier molecular flexibility index (Phi) is 2.06. The quantitative estimate of drug-likeness (QED) is 0.799. The zero-order valence-electron chi connectivity index (χ0n) is 7.28. The van der Waals surface area contributed by atoms with Crippen molar-refractivity contribution >= 4 is 17.2 Å². The lowest BCUT2D eigenvalue weighted by Gasteiger charge is -1.94. The van der Waals surface area contributed by atoms with Gasteiger partial charge in [0.05, 0.1) is 0 Å². The summed E-state index contributed by atoms with van der Waals surface area (Å²) in [6.45, 7) is 2.04. The van der Waals surface area contributed by atoms with Gasteiger partial charge in [0.1, 0.15) is 0 Å². The van der Waals surface area contributed by atoms with E-state index in [-0.39, 0.29) is 0 Å². The van der Waals surface area contributed by atoms with Crippen LogP contribution in [-0.4, -0.2) is 5.16 Å². The molecule has 0 fully saturated rings. The third-order valence-electron chi connectivity index (χ3n) is 1.96. The largest absolute Gasteiger partial charge is 0.381 e. The number of nitrogens with two attached hydrogens (primary N) is 1. The molecular formula is C9H10N2OS. The molecule has 0 radical (unpaired) electrons. The Morgan fingerprint density at radius 1 is 1.62 bits per heavy atom. The standard InChI is InChI=1S/C9H10N2OS/c1-2-7-8(12-11-9(7)10)6-3-4-13-5-6/h3-5H,2H2,1H3,(H2,10,11). The molecule has 0 saturated heterocycles. The molecule has 0 atom stereocenters. The zero-order valence-corrected chi connectivity index (χ0v) is 8.10. The highest BCUT2D eigenvalue weighted by Crippen LogP contribution is 2.29. The number of rotatable bonds is 2. The van der Waals surface area contributed by atoms with Crippen molar-refractivity contribution in [2.45, 2.75) is 13.3 Å². The van der Waals surface area contributed by atoms with E-state index in [4.69, 9.17) is 10.3 Å². The number of nitrogens with zero attached hydrogens (tertiary/aromatic N) is 1. The minimum Gasteiger partial charge on any atom is -0.381 e. The molecule has 0 spiro atoms. The van der Waals surface area contributed by atoms with E-state index in [0.717, 1.165) is 23.3 Å². The van der Waals surface area contributed by atoms with Crippen molar-refractivity contribution in [3.63, 3.8) is 0 Å². The fourth-order valence-electron chi connectivity index (χ4n) is 1.28. The Bertz CT molecular complexity index is 392. The van der Waals surface area contributed by atoms with Gasteiger partial charge in [-0.3, -0.25) is 0 Å². The van der Waals surface area contributed by atoms with Crippen LogP contribution >= 0.6 is 11.3 Å². The van der Waals surface area contributed by atoms with Crippen LogP contribution in [0.1, 0.15) is 12.5 Å². The summed E-state index contributed by atoms with van der Waals surface area (Å²) in [6.07, 6.45) is 0.848. The first kappa shape index (κ1) is 8.31. The number of hydrogen-bond donors (Lipinski definition) is 1. The molecule has 0 saturated carbocycles. The summed E-state index contributed by atoms with van der Waals surface area (Å²) in [5.74, 6) is 1.31. The van der Waals surface area contributed by atoms with Gasteiger partial charge in [0.25, 0.3) is 0 Å². The summed E-state index contributed by atoms with van der Waals surface area (Å²) < 4.78 is 5.16. The Balaban J connectivity index is 2.52. The predicted molar refractivity (Wildman–Crippen MR) is 53.6 cm³/mol. The molecule has 0 aromatic carbocycles. The first-order chi connectivity index (χ1) is 6.33. The predicted octanol–water partition coefficient (Wildman–Crippen LogP) is 2.55. The van der Waals surface area contributed by atoms with Crippen LogP contribution in [0.5, 0.6) is 0 Å². The number of thiophene rings is 1. The van der Waals surface area contributed by atoms with E-state index in [1.54, 1.807) is 11.3 Å². The highest BCUT2D eigenvalue weighted by atomic mass is 32.1. The molecule has 0 unspecified atom stereocenters. The van der Waals surface area contributed by atoms with Gasteiger partial charge in [0, 0.05) is 16.5 Å². The maximum absolute atomic E-state index is 5.66. The summed E-state index contributed by atoms with van der Waals surface area (Å²) in [5, 5.41) is 7.79. The average Bonchev–Trinajstić information content (AvgIpc) is 2.71. The van der Waals surface area contributed by atoms with E-state index in [2.05, 4.69) is 5.16 Å². The first-order valence-corrected chi connectivity index (χ1v) is 5.03. The minimum absolute atomic E-state index is 0.503. The lowest BCUT2D eigenvalue weighted by Crippen LogP contribution is -1.90. The van der Waals surface area contributed by atoms with E-state index in [9.17, 15) is 0 Å². The van der Waals surface area contributed by atoms with Gasteiger partial charge >= 0.3 is 0 Å². The molecule has 2 rings (SSSR count). The molecule has 0 amide bonds. The Hall–Kier alpha value is -1.29. The molecule has 0 aliphatic carbocycles. The van der Waals surface area contributed by atoms with Crippen molar-refractivity contribution in [1.82, 2.24) is 5.16 Å². The molecule has 0 aliphatic heterocycles. The Labute approximate surface area is 80.2 Å². The van der Waals surface area contributed by atoms with Crippen LogP contribution in [0.4, 0.5) is 5.82 Å². The molecule has 2 aromatic rings. The van der Waals surface area contributed by atoms with Crippen molar-refractivity contribution in [3.05, 3.63) is 22.4 Å². The zero-order chi connectivity index (χ0) is 9.26. The molecule has 68 valence electrons. The monoisotopic (exact) mass is 194 g/mol. The van der Waals surface area contributed by atoms with Gasteiger partial charge in [-0.2, -0.15) is 11.3 Å². The van der Waals surface area contributed by atoms with Crippen LogP contribution in [0.3, 0.4) is 0 Å². The van der Waals surface area contributed by atoms with Gasteiger partial charge in [0.15, 0.2) is 11.6 Å². The molecule has 2 aromatic heterocycles. The first-order valence-electron chi connectivity index (χ1n) is 4.09. The SMILES string of the molecule is CCc1c(N)noc1-c1ccsc1. The van der Waals surface area contributed by atoms with Crippen molar-refractivity contribution in [3.8, 4) is 11.3 Å². The molecule has 13 heavy (non-hydrogen) atoms. The smallest absolute Gasteiger partial charge is 0.173 e. The average molecular weight is 194 g/mol. The second kappa shape index (κ2) is 3.22. The molecule has 2 N–H and O–H groups in total. The van der Waals surface area contributed by atoms with Crippen LogP contribution in [0.2, 0.25) is 0 Å². The maximum atomic E-state index is 5.66. The van der Waals surface area contributed by atoms with E-state index in [1.807, 2.05) is 23.8 Å². The lowest BCUT2D eigenvalue weighted by molar-refractivity contribution is 0.435. The highest BCUT2D eigenvalue weighted by Gasteiger charge is 2.13. The van der Waals surface area contributed by atoms with Gasteiger partial charge in [-0.15, -0.1) is 0 Å². The van der Waals surface area contributed by atoms with Crippen LogP contribution in [0.15, 0.2) is 21.3 Å². The fraction of sp³-hybridized carbons (Fsp3) is 0.222. The van der Waals surface area contributed by atoms with E-state index in [1.165, 1.54) is 0 Å². The van der Waals surface area contributed by atoms with Crippen molar-refractivity contribution in [1.29, 1.82) is 0 Å². The van der Waals surface area contributed by atoms with Crippen LogP contribution < -0.4 is 5.73 Å². The van der Waals surface area contributed by atoms with Gasteiger partial charge in [0.2, 0.25) is 0 Å². The van der Waals surface area contributed by atoms with E-state index < -0.39 is 0 Å². The van der Waals surface area contributed by atoms with Crippen LogP contribution in [0.25, 0.3) is 11.3 Å². The fourth-order valence-corrected chi connectivity index (χ4v) is 1.92. The molecule has 0 bridgehead atoms. The third kappa shape index (κ3) is 1.33. The molecule has 3 nitrogen and oxygen atoms in total. The minimum atomic E-state index is 0.503. The number of nitrogen functional groups attached to an aromatic ring is 1. The second-order valence-corrected chi connectivity index (χ2v) is 3.52. The number of anilines is 1. The molecular weight excluding hydrogens is 184 g/mol. The van der Waals surface area contributed by atoms with Crippen molar-refractivity contribution < 1.29 is 4.52 Å². The summed E-state index contributed by atoms with van der Waals surface area (Å²) in [4.78, 5) is 0. The van der Waals surface area contributed by atoms with Gasteiger partial charge < -0.3 is 10.3 Å². The molecule has 4 heteroatoms. The maximum Gasteiger partial charge on any atom is 0.173 e. The lowest BCUT2D eigenvalue weighted by atomic mass is 10.1. The van der Waals surface area contributed by atoms with E-state index in [0.29, 0.717) is 5.82 Å². The number of aromatic nitrogens is 1. The normalized spacial score (nSPS) is 10.5.